The van der Waals surface area contributed by atoms with Crippen LogP contribution in [0.2, 0.25) is 0 Å². The van der Waals surface area contributed by atoms with Gasteiger partial charge in [0.15, 0.2) is 17.7 Å². The number of hydrogen-bond acceptors (Lipinski definition) is 9. The van der Waals surface area contributed by atoms with Crippen LogP contribution in [0.25, 0.3) is 11.2 Å². The fourth-order valence-corrected chi connectivity index (χ4v) is 2.48. The van der Waals surface area contributed by atoms with Crippen molar-refractivity contribution in [3.05, 3.63) is 6.33 Å². The van der Waals surface area contributed by atoms with Crippen molar-refractivity contribution >= 4 is 22.9 Å². The zero-order chi connectivity index (χ0) is 16.1. The SMILES string of the molecule is CO[C@@]1(F)[C@H](O)[C@@H](CO)O[C@H]1n1cnc2c(N)nc(N)nc21. The number of rotatable bonds is 3. The van der Waals surface area contributed by atoms with E-state index in [-0.39, 0.29) is 22.9 Å². The van der Waals surface area contributed by atoms with E-state index in [2.05, 4.69) is 15.0 Å². The number of ether oxygens (including phenoxy) is 2. The summed E-state index contributed by atoms with van der Waals surface area (Å²) in [5.74, 6) is -2.69. The second kappa shape index (κ2) is 4.98. The minimum absolute atomic E-state index is 0.0281. The van der Waals surface area contributed by atoms with E-state index in [9.17, 15) is 14.6 Å². The monoisotopic (exact) mass is 314 g/mol. The predicted molar refractivity (Wildman–Crippen MR) is 72.0 cm³/mol. The summed E-state index contributed by atoms with van der Waals surface area (Å²) in [7, 11) is 1.08. The smallest absolute Gasteiger partial charge is 0.283 e. The second-order valence-corrected chi connectivity index (χ2v) is 4.85. The third-order valence-corrected chi connectivity index (χ3v) is 3.61. The molecule has 0 amide bonds. The Morgan fingerprint density at radius 1 is 1.50 bits per heavy atom. The lowest BCUT2D eigenvalue weighted by atomic mass is 10.1. The van der Waals surface area contributed by atoms with Crippen LogP contribution in [0.1, 0.15) is 6.23 Å². The number of alkyl halides is 1. The molecule has 0 bridgehead atoms. The maximum absolute atomic E-state index is 15.0. The van der Waals surface area contributed by atoms with E-state index in [1.54, 1.807) is 0 Å². The number of aromatic nitrogens is 4. The van der Waals surface area contributed by atoms with Gasteiger partial charge in [0.05, 0.1) is 12.9 Å². The Morgan fingerprint density at radius 2 is 2.23 bits per heavy atom. The first-order valence-electron chi connectivity index (χ1n) is 6.36. The number of hydrogen-bond donors (Lipinski definition) is 4. The van der Waals surface area contributed by atoms with Crippen LogP contribution in [-0.2, 0) is 9.47 Å². The standard InChI is InChI=1S/C11H15FN6O4/c1-21-11(12)6(20)4(2-19)22-9(11)18-3-15-5-7(13)16-10(14)17-8(5)18/h3-4,6,9,19-20H,2H2,1H3,(H4,13,14,16,17)/t4-,6-,9-,11+/m1/s1. The first-order valence-corrected chi connectivity index (χ1v) is 6.36. The van der Waals surface area contributed by atoms with Gasteiger partial charge in [0.25, 0.3) is 5.85 Å². The van der Waals surface area contributed by atoms with Crippen LogP contribution in [-0.4, -0.2) is 61.5 Å². The summed E-state index contributed by atoms with van der Waals surface area (Å²) >= 11 is 0. The molecule has 0 saturated carbocycles. The number of aliphatic hydroxyl groups excluding tert-OH is 2. The summed E-state index contributed by atoms with van der Waals surface area (Å²) in [6.45, 7) is -0.585. The van der Waals surface area contributed by atoms with Gasteiger partial charge in [-0.2, -0.15) is 9.97 Å². The van der Waals surface area contributed by atoms with Crippen molar-refractivity contribution in [3.8, 4) is 0 Å². The Kier molecular flexibility index (Phi) is 3.36. The van der Waals surface area contributed by atoms with E-state index in [1.165, 1.54) is 10.9 Å². The largest absolute Gasteiger partial charge is 0.394 e. The molecule has 22 heavy (non-hydrogen) atoms. The number of methoxy groups -OCH3 is 1. The molecule has 3 rings (SSSR count). The van der Waals surface area contributed by atoms with Gasteiger partial charge < -0.3 is 31.2 Å². The van der Waals surface area contributed by atoms with Gasteiger partial charge in [0.1, 0.15) is 17.7 Å². The van der Waals surface area contributed by atoms with Gasteiger partial charge >= 0.3 is 0 Å². The molecule has 2 aromatic rings. The van der Waals surface area contributed by atoms with Crippen molar-refractivity contribution in [1.82, 2.24) is 19.5 Å². The maximum atomic E-state index is 15.0. The molecule has 2 aromatic heterocycles. The van der Waals surface area contributed by atoms with Gasteiger partial charge in [-0.3, -0.25) is 4.57 Å². The topological polar surface area (TPSA) is 155 Å². The van der Waals surface area contributed by atoms with E-state index in [1.807, 2.05) is 0 Å². The van der Waals surface area contributed by atoms with E-state index < -0.39 is 30.9 Å². The van der Waals surface area contributed by atoms with Crippen LogP contribution in [0, 0.1) is 0 Å². The van der Waals surface area contributed by atoms with Crippen molar-refractivity contribution in [2.24, 2.45) is 0 Å². The van der Waals surface area contributed by atoms with Crippen LogP contribution >= 0.6 is 0 Å². The Morgan fingerprint density at radius 3 is 2.86 bits per heavy atom. The first-order chi connectivity index (χ1) is 10.4. The summed E-state index contributed by atoms with van der Waals surface area (Å²) < 4.78 is 26.3. The van der Waals surface area contributed by atoms with E-state index in [4.69, 9.17) is 20.9 Å². The molecule has 0 aliphatic carbocycles. The lowest BCUT2D eigenvalue weighted by Crippen LogP contribution is -2.44. The van der Waals surface area contributed by atoms with Gasteiger partial charge in [0, 0.05) is 7.11 Å². The summed E-state index contributed by atoms with van der Waals surface area (Å²) in [6, 6.07) is 0. The predicted octanol–water partition coefficient (Wildman–Crippen LogP) is -1.45. The van der Waals surface area contributed by atoms with Crippen LogP contribution in [0.5, 0.6) is 0 Å². The van der Waals surface area contributed by atoms with Crippen LogP contribution in [0.4, 0.5) is 16.2 Å². The third-order valence-electron chi connectivity index (χ3n) is 3.61. The number of halogens is 1. The average molecular weight is 314 g/mol. The molecule has 4 atom stereocenters. The van der Waals surface area contributed by atoms with Crippen LogP contribution in [0.3, 0.4) is 0 Å². The normalized spacial score (nSPS) is 31.9. The number of nitrogens with zero attached hydrogens (tertiary/aromatic N) is 4. The van der Waals surface area contributed by atoms with Crippen molar-refractivity contribution in [2.45, 2.75) is 24.3 Å². The number of nitrogen functional groups attached to an aromatic ring is 2. The first kappa shape index (κ1) is 14.8. The number of imidazole rings is 1. The minimum Gasteiger partial charge on any atom is -0.394 e. The van der Waals surface area contributed by atoms with E-state index >= 15 is 0 Å². The van der Waals surface area contributed by atoms with Gasteiger partial charge in [-0.05, 0) is 0 Å². The zero-order valence-electron chi connectivity index (χ0n) is 11.5. The average Bonchev–Trinajstić information content (AvgIpc) is 3.00. The summed E-state index contributed by atoms with van der Waals surface area (Å²) in [5, 5.41) is 19.1. The molecule has 0 spiro atoms. The Hall–Kier alpha value is -2.08. The summed E-state index contributed by atoms with van der Waals surface area (Å²) in [4.78, 5) is 11.7. The molecule has 6 N–H and O–H groups in total. The highest BCUT2D eigenvalue weighted by Gasteiger charge is 2.59. The highest BCUT2D eigenvalue weighted by atomic mass is 19.2. The molecular weight excluding hydrogens is 299 g/mol. The molecule has 0 unspecified atom stereocenters. The zero-order valence-corrected chi connectivity index (χ0v) is 11.5. The Balaban J connectivity index is 2.14. The molecule has 1 aliphatic rings. The molecular formula is C11H15FN6O4. The summed E-state index contributed by atoms with van der Waals surface area (Å²) in [5.41, 5.74) is 11.6. The molecule has 120 valence electrons. The van der Waals surface area contributed by atoms with Gasteiger partial charge in [-0.15, -0.1) is 0 Å². The molecule has 1 saturated heterocycles. The van der Waals surface area contributed by atoms with Gasteiger partial charge in [-0.1, -0.05) is 0 Å². The van der Waals surface area contributed by atoms with Crippen molar-refractivity contribution in [3.63, 3.8) is 0 Å². The molecule has 0 radical (unpaired) electrons. The van der Waals surface area contributed by atoms with E-state index in [0.29, 0.717) is 0 Å². The highest BCUT2D eigenvalue weighted by molar-refractivity contribution is 5.82. The molecule has 10 nitrogen and oxygen atoms in total. The third kappa shape index (κ3) is 1.90. The quantitative estimate of drug-likeness (QED) is 0.532. The summed E-state index contributed by atoms with van der Waals surface area (Å²) in [6.07, 6.45) is -3.06. The number of anilines is 2. The fraction of sp³-hybridized carbons (Fsp3) is 0.545. The lowest BCUT2D eigenvalue weighted by molar-refractivity contribution is -0.214. The Labute approximate surface area is 123 Å². The molecule has 1 fully saturated rings. The highest BCUT2D eigenvalue weighted by Crippen LogP contribution is 2.43. The van der Waals surface area contributed by atoms with E-state index in [0.717, 1.165) is 7.11 Å². The number of nitrogens with two attached hydrogens (primary N) is 2. The molecule has 11 heteroatoms. The maximum Gasteiger partial charge on any atom is 0.283 e. The van der Waals surface area contributed by atoms with Crippen molar-refractivity contribution < 1.29 is 24.1 Å². The number of fused-ring (bicyclic) bond motifs is 1. The Bertz CT molecular complexity index is 711. The van der Waals surface area contributed by atoms with Crippen LogP contribution in [0.15, 0.2) is 6.33 Å². The number of aliphatic hydroxyl groups is 2. The van der Waals surface area contributed by atoms with Gasteiger partial charge in [-0.25, -0.2) is 9.37 Å². The molecule has 0 aromatic carbocycles. The fourth-order valence-electron chi connectivity index (χ4n) is 2.48. The second-order valence-electron chi connectivity index (χ2n) is 4.85. The van der Waals surface area contributed by atoms with Crippen LogP contribution < -0.4 is 11.5 Å². The lowest BCUT2D eigenvalue weighted by Gasteiger charge is -2.27. The van der Waals surface area contributed by atoms with Crippen molar-refractivity contribution in [2.75, 3.05) is 25.2 Å². The molecule has 1 aliphatic heterocycles. The minimum atomic E-state index is -2.60. The molecule has 3 heterocycles. The van der Waals surface area contributed by atoms with Gasteiger partial charge in [0.2, 0.25) is 5.95 Å². The van der Waals surface area contributed by atoms with Crippen molar-refractivity contribution in [1.29, 1.82) is 0 Å².